The third-order valence-corrected chi connectivity index (χ3v) is 2.82. The molecule has 3 N–H and O–H groups in total. The second-order valence-electron chi connectivity index (χ2n) is 3.94. The highest BCUT2D eigenvalue weighted by Gasteiger charge is 2.44. The number of nitrogens with one attached hydrogen (secondary N) is 1. The fourth-order valence-electron chi connectivity index (χ4n) is 1.87. The number of aromatic amines is 1. The van der Waals surface area contributed by atoms with Gasteiger partial charge in [0.25, 0.3) is 5.56 Å². The molecule has 0 amide bonds. The van der Waals surface area contributed by atoms with Crippen molar-refractivity contribution in [1.29, 1.82) is 0 Å². The Morgan fingerprint density at radius 3 is 2.82 bits per heavy atom. The van der Waals surface area contributed by atoms with Crippen LogP contribution in [0.15, 0.2) is 11.1 Å². The summed E-state index contributed by atoms with van der Waals surface area (Å²) in [6, 6.07) is 0. The zero-order chi connectivity index (χ0) is 12.6. The van der Waals surface area contributed by atoms with Gasteiger partial charge in [-0.15, -0.1) is 0 Å². The van der Waals surface area contributed by atoms with Crippen molar-refractivity contribution < 1.29 is 13.2 Å². The second-order valence-corrected chi connectivity index (χ2v) is 3.94. The van der Waals surface area contributed by atoms with Gasteiger partial charge in [0.05, 0.1) is 12.2 Å². The van der Waals surface area contributed by atoms with E-state index in [1.807, 2.05) is 0 Å². The minimum absolute atomic E-state index is 0.00256. The van der Waals surface area contributed by atoms with Gasteiger partial charge in [-0.2, -0.15) is 13.2 Å². The summed E-state index contributed by atoms with van der Waals surface area (Å²) in [6.45, 7) is -0.00498. The maximum Gasteiger partial charge on any atom is 0.393 e. The van der Waals surface area contributed by atoms with E-state index in [2.05, 4.69) is 9.97 Å². The summed E-state index contributed by atoms with van der Waals surface area (Å²) in [7, 11) is 0. The standard InChI is InChI=1S/C9H11F3N4O/c10-9(11,12)5-1-2-16(3-5)7-6(13)8(17)15-4-14-7/h4-5H,1-3,13H2,(H,14,15,17). The topological polar surface area (TPSA) is 75.0 Å². The molecule has 0 aromatic carbocycles. The molecule has 0 saturated carbocycles. The molecule has 1 aromatic rings. The minimum Gasteiger partial charge on any atom is -0.391 e. The number of halogens is 3. The number of aromatic nitrogens is 2. The Morgan fingerprint density at radius 1 is 1.53 bits per heavy atom. The first-order chi connectivity index (χ1) is 7.89. The lowest BCUT2D eigenvalue weighted by Crippen LogP contribution is -2.29. The van der Waals surface area contributed by atoms with Gasteiger partial charge in [0.15, 0.2) is 5.82 Å². The molecule has 2 heterocycles. The summed E-state index contributed by atoms with van der Waals surface area (Å²) in [5.41, 5.74) is 4.81. The van der Waals surface area contributed by atoms with Crippen molar-refractivity contribution in [2.75, 3.05) is 23.7 Å². The van der Waals surface area contributed by atoms with Gasteiger partial charge in [-0.1, -0.05) is 0 Å². The van der Waals surface area contributed by atoms with Crippen molar-refractivity contribution in [3.05, 3.63) is 16.7 Å². The molecule has 1 aliphatic rings. The Bertz CT molecular complexity index is 470. The highest BCUT2D eigenvalue weighted by Crippen LogP contribution is 2.35. The van der Waals surface area contributed by atoms with Gasteiger partial charge >= 0.3 is 6.18 Å². The van der Waals surface area contributed by atoms with Gasteiger partial charge in [0, 0.05) is 13.1 Å². The maximum atomic E-state index is 12.5. The molecule has 1 unspecified atom stereocenters. The summed E-state index contributed by atoms with van der Waals surface area (Å²) in [4.78, 5) is 18.7. The molecule has 94 valence electrons. The molecule has 8 heteroatoms. The zero-order valence-corrected chi connectivity index (χ0v) is 8.79. The van der Waals surface area contributed by atoms with Gasteiger partial charge in [0.2, 0.25) is 0 Å². The quantitative estimate of drug-likeness (QED) is 0.768. The van der Waals surface area contributed by atoms with Crippen LogP contribution in [0.25, 0.3) is 0 Å². The van der Waals surface area contributed by atoms with Crippen LogP contribution in [0.5, 0.6) is 0 Å². The van der Waals surface area contributed by atoms with Gasteiger partial charge in [-0.05, 0) is 6.42 Å². The summed E-state index contributed by atoms with van der Waals surface area (Å²) >= 11 is 0. The van der Waals surface area contributed by atoms with Crippen LogP contribution in [0, 0.1) is 5.92 Å². The zero-order valence-electron chi connectivity index (χ0n) is 8.79. The Hall–Kier alpha value is -1.73. The Labute approximate surface area is 94.4 Å². The number of nitrogens with zero attached hydrogens (tertiary/aromatic N) is 2. The predicted octanol–water partition coefficient (Wildman–Crippen LogP) is 0.741. The highest BCUT2D eigenvalue weighted by molar-refractivity contribution is 5.61. The third-order valence-electron chi connectivity index (χ3n) is 2.82. The molecule has 0 bridgehead atoms. The third kappa shape index (κ3) is 2.20. The molecule has 1 aromatic heterocycles. The van der Waals surface area contributed by atoms with Crippen molar-refractivity contribution in [3.8, 4) is 0 Å². The lowest BCUT2D eigenvalue weighted by Gasteiger charge is -2.19. The number of nitrogen functional groups attached to an aromatic ring is 1. The monoisotopic (exact) mass is 248 g/mol. The van der Waals surface area contributed by atoms with Crippen molar-refractivity contribution in [2.45, 2.75) is 12.6 Å². The average molecular weight is 248 g/mol. The van der Waals surface area contributed by atoms with Crippen LogP contribution in [-0.4, -0.2) is 29.2 Å². The van der Waals surface area contributed by atoms with Crippen LogP contribution >= 0.6 is 0 Å². The number of alkyl halides is 3. The second kappa shape index (κ2) is 3.94. The lowest BCUT2D eigenvalue weighted by atomic mass is 10.1. The first kappa shape index (κ1) is 11.7. The summed E-state index contributed by atoms with van der Waals surface area (Å²) < 4.78 is 37.5. The maximum absolute atomic E-state index is 12.5. The Kier molecular flexibility index (Phi) is 2.72. The van der Waals surface area contributed by atoms with E-state index in [1.165, 1.54) is 4.90 Å². The van der Waals surface area contributed by atoms with Gasteiger partial charge < -0.3 is 15.6 Å². The van der Waals surface area contributed by atoms with Gasteiger partial charge in [-0.25, -0.2) is 4.98 Å². The van der Waals surface area contributed by atoms with Crippen molar-refractivity contribution in [2.24, 2.45) is 5.92 Å². The molecular formula is C9H11F3N4O. The number of hydrogen-bond donors (Lipinski definition) is 2. The fourth-order valence-corrected chi connectivity index (χ4v) is 1.87. The lowest BCUT2D eigenvalue weighted by molar-refractivity contribution is -0.168. The number of anilines is 2. The molecule has 1 saturated heterocycles. The molecule has 1 fully saturated rings. The van der Waals surface area contributed by atoms with E-state index in [-0.39, 0.29) is 31.0 Å². The molecule has 0 spiro atoms. The van der Waals surface area contributed by atoms with Crippen molar-refractivity contribution >= 4 is 11.5 Å². The van der Waals surface area contributed by atoms with E-state index in [9.17, 15) is 18.0 Å². The van der Waals surface area contributed by atoms with E-state index in [4.69, 9.17) is 5.73 Å². The summed E-state index contributed by atoms with van der Waals surface area (Å²) in [6.07, 6.45) is -3.09. The van der Waals surface area contributed by atoms with Crippen LogP contribution in [0.2, 0.25) is 0 Å². The molecular weight excluding hydrogens is 237 g/mol. The van der Waals surface area contributed by atoms with E-state index in [1.54, 1.807) is 0 Å². The Morgan fingerprint density at radius 2 is 2.24 bits per heavy atom. The molecule has 1 atom stereocenters. The first-order valence-electron chi connectivity index (χ1n) is 5.04. The smallest absolute Gasteiger partial charge is 0.391 e. The fraction of sp³-hybridized carbons (Fsp3) is 0.556. The molecule has 17 heavy (non-hydrogen) atoms. The number of rotatable bonds is 1. The van der Waals surface area contributed by atoms with Gasteiger partial charge in [0.1, 0.15) is 5.69 Å². The van der Waals surface area contributed by atoms with Gasteiger partial charge in [-0.3, -0.25) is 4.79 Å². The Balaban J connectivity index is 2.21. The summed E-state index contributed by atoms with van der Waals surface area (Å²) in [5.74, 6) is -1.26. The van der Waals surface area contributed by atoms with Crippen LogP contribution in [0.4, 0.5) is 24.7 Å². The molecule has 2 rings (SSSR count). The average Bonchev–Trinajstić information content (AvgIpc) is 2.70. The SMILES string of the molecule is Nc1c(N2CCC(C(F)(F)F)C2)nc[nH]c1=O. The molecule has 1 aliphatic heterocycles. The number of H-pyrrole nitrogens is 1. The number of hydrogen-bond acceptors (Lipinski definition) is 4. The van der Waals surface area contributed by atoms with Crippen LogP contribution in [0.3, 0.4) is 0 Å². The predicted molar refractivity (Wildman–Crippen MR) is 55.6 cm³/mol. The molecule has 5 nitrogen and oxygen atoms in total. The van der Waals surface area contributed by atoms with Crippen LogP contribution in [-0.2, 0) is 0 Å². The van der Waals surface area contributed by atoms with E-state index in [0.29, 0.717) is 0 Å². The molecule has 0 radical (unpaired) electrons. The largest absolute Gasteiger partial charge is 0.393 e. The van der Waals surface area contributed by atoms with E-state index in [0.717, 1.165) is 6.33 Å². The number of nitrogens with two attached hydrogens (primary N) is 1. The van der Waals surface area contributed by atoms with Crippen molar-refractivity contribution in [3.63, 3.8) is 0 Å². The van der Waals surface area contributed by atoms with E-state index < -0.39 is 17.7 Å². The van der Waals surface area contributed by atoms with E-state index >= 15 is 0 Å². The van der Waals surface area contributed by atoms with Crippen molar-refractivity contribution in [1.82, 2.24) is 9.97 Å². The summed E-state index contributed by atoms with van der Waals surface area (Å²) in [5, 5.41) is 0. The minimum atomic E-state index is -4.22. The van der Waals surface area contributed by atoms with Crippen LogP contribution < -0.4 is 16.2 Å². The highest BCUT2D eigenvalue weighted by atomic mass is 19.4. The first-order valence-corrected chi connectivity index (χ1v) is 5.04. The van der Waals surface area contributed by atoms with Crippen LogP contribution in [0.1, 0.15) is 6.42 Å². The normalized spacial score (nSPS) is 20.9. The molecule has 0 aliphatic carbocycles.